The Morgan fingerprint density at radius 1 is 1.33 bits per heavy atom. The average Bonchev–Trinajstić information content (AvgIpc) is 2.85. The second-order valence-electron chi connectivity index (χ2n) is 4.05. The minimum absolute atomic E-state index is 0.0338. The Balaban J connectivity index is 2.01. The molecule has 94 valence electrons. The average molecular weight is 261 g/mol. The summed E-state index contributed by atoms with van der Waals surface area (Å²) in [5.74, 6) is 0.0338. The van der Waals surface area contributed by atoms with Gasteiger partial charge in [-0.05, 0) is 0 Å². The quantitative estimate of drug-likeness (QED) is 0.918. The first kappa shape index (κ1) is 12.6. The maximum Gasteiger partial charge on any atom is 0.241 e. The molecule has 1 N–H and O–H groups in total. The molecule has 0 atom stereocenters. The Hall–Kier alpha value is -1.88. The van der Waals surface area contributed by atoms with Crippen LogP contribution >= 0.6 is 11.3 Å². The lowest BCUT2D eigenvalue weighted by atomic mass is 10.2. The SMILES string of the molecule is CN(C)C(=O)CNc1nc(-c2ccccc2)cs1. The summed E-state index contributed by atoms with van der Waals surface area (Å²) in [6.45, 7) is 0.273. The van der Waals surface area contributed by atoms with Crippen LogP contribution < -0.4 is 5.32 Å². The van der Waals surface area contributed by atoms with Crippen LogP contribution in [-0.4, -0.2) is 36.4 Å². The number of anilines is 1. The molecule has 0 bridgehead atoms. The van der Waals surface area contributed by atoms with Crippen LogP contribution in [0, 0.1) is 0 Å². The summed E-state index contributed by atoms with van der Waals surface area (Å²) in [4.78, 5) is 17.4. The lowest BCUT2D eigenvalue weighted by molar-refractivity contribution is -0.126. The van der Waals surface area contributed by atoms with Gasteiger partial charge in [0, 0.05) is 25.0 Å². The molecule has 1 amide bonds. The van der Waals surface area contributed by atoms with E-state index in [2.05, 4.69) is 10.3 Å². The van der Waals surface area contributed by atoms with Gasteiger partial charge in [0.1, 0.15) is 0 Å². The van der Waals surface area contributed by atoms with E-state index in [1.165, 1.54) is 11.3 Å². The summed E-state index contributed by atoms with van der Waals surface area (Å²) in [5.41, 5.74) is 2.01. The van der Waals surface area contributed by atoms with Gasteiger partial charge in [-0.25, -0.2) is 4.98 Å². The number of amides is 1. The van der Waals surface area contributed by atoms with Gasteiger partial charge in [-0.2, -0.15) is 0 Å². The standard InChI is InChI=1S/C13H15N3OS/c1-16(2)12(17)8-14-13-15-11(9-18-13)10-6-4-3-5-7-10/h3-7,9H,8H2,1-2H3,(H,14,15). The highest BCUT2D eigenvalue weighted by molar-refractivity contribution is 7.14. The zero-order valence-electron chi connectivity index (χ0n) is 10.4. The van der Waals surface area contributed by atoms with E-state index >= 15 is 0 Å². The van der Waals surface area contributed by atoms with Crippen molar-refractivity contribution in [3.05, 3.63) is 35.7 Å². The minimum Gasteiger partial charge on any atom is -0.352 e. The number of hydrogen-bond acceptors (Lipinski definition) is 4. The zero-order valence-corrected chi connectivity index (χ0v) is 11.2. The van der Waals surface area contributed by atoms with Gasteiger partial charge >= 0.3 is 0 Å². The molecule has 0 spiro atoms. The second-order valence-corrected chi connectivity index (χ2v) is 4.90. The predicted molar refractivity (Wildman–Crippen MR) is 74.7 cm³/mol. The second kappa shape index (κ2) is 5.64. The van der Waals surface area contributed by atoms with Crippen molar-refractivity contribution in [1.82, 2.24) is 9.88 Å². The zero-order chi connectivity index (χ0) is 13.0. The number of hydrogen-bond donors (Lipinski definition) is 1. The fraction of sp³-hybridized carbons (Fsp3) is 0.231. The van der Waals surface area contributed by atoms with Crippen molar-refractivity contribution in [2.45, 2.75) is 0 Å². The maximum atomic E-state index is 11.4. The molecular weight excluding hydrogens is 246 g/mol. The molecule has 0 unspecified atom stereocenters. The molecule has 2 rings (SSSR count). The third-order valence-electron chi connectivity index (χ3n) is 2.46. The van der Waals surface area contributed by atoms with Crippen LogP contribution in [-0.2, 0) is 4.79 Å². The molecule has 1 aromatic heterocycles. The molecule has 2 aromatic rings. The van der Waals surface area contributed by atoms with Crippen molar-refractivity contribution in [3.8, 4) is 11.3 Å². The number of nitrogens with zero attached hydrogens (tertiary/aromatic N) is 2. The molecule has 0 saturated heterocycles. The van der Waals surface area contributed by atoms with Crippen LogP contribution in [0.25, 0.3) is 11.3 Å². The van der Waals surface area contributed by atoms with E-state index in [0.717, 1.165) is 16.4 Å². The van der Waals surface area contributed by atoms with Crippen molar-refractivity contribution in [2.75, 3.05) is 26.0 Å². The number of carbonyl (C=O) groups is 1. The number of nitrogens with one attached hydrogen (secondary N) is 1. The van der Waals surface area contributed by atoms with Gasteiger partial charge < -0.3 is 10.2 Å². The molecule has 0 radical (unpaired) electrons. The van der Waals surface area contributed by atoms with Crippen LogP contribution in [0.1, 0.15) is 0 Å². The first-order valence-corrected chi connectivity index (χ1v) is 6.50. The predicted octanol–water partition coefficient (Wildman–Crippen LogP) is 2.31. The lowest BCUT2D eigenvalue weighted by Crippen LogP contribution is -2.28. The molecule has 1 heterocycles. The summed E-state index contributed by atoms with van der Waals surface area (Å²) in [6, 6.07) is 9.98. The molecule has 0 saturated carbocycles. The summed E-state index contributed by atoms with van der Waals surface area (Å²) in [5, 5.41) is 5.78. The smallest absolute Gasteiger partial charge is 0.241 e. The first-order valence-electron chi connectivity index (χ1n) is 5.62. The van der Waals surface area contributed by atoms with Crippen LogP contribution in [0.15, 0.2) is 35.7 Å². The number of carbonyl (C=O) groups excluding carboxylic acids is 1. The van der Waals surface area contributed by atoms with E-state index < -0.39 is 0 Å². The lowest BCUT2D eigenvalue weighted by Gasteiger charge is -2.09. The van der Waals surface area contributed by atoms with Gasteiger partial charge in [-0.1, -0.05) is 30.3 Å². The number of benzene rings is 1. The van der Waals surface area contributed by atoms with E-state index in [9.17, 15) is 4.79 Å². The number of likely N-dealkylation sites (N-methyl/N-ethyl adjacent to an activating group) is 1. The molecule has 0 fully saturated rings. The van der Waals surface area contributed by atoms with Crippen molar-refractivity contribution >= 4 is 22.4 Å². The summed E-state index contributed by atoms with van der Waals surface area (Å²) >= 11 is 1.51. The van der Waals surface area contributed by atoms with E-state index in [1.807, 2.05) is 35.7 Å². The van der Waals surface area contributed by atoms with Crippen LogP contribution in [0.2, 0.25) is 0 Å². The van der Waals surface area contributed by atoms with Gasteiger partial charge in [0.2, 0.25) is 5.91 Å². The summed E-state index contributed by atoms with van der Waals surface area (Å²) in [7, 11) is 3.47. The highest BCUT2D eigenvalue weighted by atomic mass is 32.1. The van der Waals surface area contributed by atoms with Crippen LogP contribution in [0.3, 0.4) is 0 Å². The first-order chi connectivity index (χ1) is 8.66. The molecule has 18 heavy (non-hydrogen) atoms. The monoisotopic (exact) mass is 261 g/mol. The topological polar surface area (TPSA) is 45.2 Å². The van der Waals surface area contributed by atoms with E-state index in [4.69, 9.17) is 0 Å². The Bertz CT molecular complexity index is 522. The van der Waals surface area contributed by atoms with Gasteiger partial charge in [-0.3, -0.25) is 4.79 Å². The van der Waals surface area contributed by atoms with Gasteiger partial charge in [0.05, 0.1) is 12.2 Å². The van der Waals surface area contributed by atoms with Crippen molar-refractivity contribution in [1.29, 1.82) is 0 Å². The molecular formula is C13H15N3OS. The molecule has 0 aliphatic rings. The Morgan fingerprint density at radius 2 is 2.06 bits per heavy atom. The third-order valence-corrected chi connectivity index (χ3v) is 3.26. The highest BCUT2D eigenvalue weighted by Gasteiger charge is 2.07. The van der Waals surface area contributed by atoms with E-state index in [1.54, 1.807) is 19.0 Å². The molecule has 1 aromatic carbocycles. The minimum atomic E-state index is 0.0338. The number of aromatic nitrogens is 1. The Kier molecular flexibility index (Phi) is 3.94. The van der Waals surface area contributed by atoms with Crippen molar-refractivity contribution < 1.29 is 4.79 Å². The maximum absolute atomic E-state index is 11.4. The largest absolute Gasteiger partial charge is 0.352 e. The third kappa shape index (κ3) is 3.07. The van der Waals surface area contributed by atoms with Gasteiger partial charge in [-0.15, -0.1) is 11.3 Å². The number of thiazole rings is 1. The van der Waals surface area contributed by atoms with Gasteiger partial charge in [0.25, 0.3) is 0 Å². The fourth-order valence-electron chi connectivity index (χ4n) is 1.41. The summed E-state index contributed by atoms with van der Waals surface area (Å²) in [6.07, 6.45) is 0. The fourth-order valence-corrected chi connectivity index (χ4v) is 2.12. The molecule has 0 aliphatic carbocycles. The molecule has 4 nitrogen and oxygen atoms in total. The summed E-state index contributed by atoms with van der Waals surface area (Å²) < 4.78 is 0. The highest BCUT2D eigenvalue weighted by Crippen LogP contribution is 2.24. The van der Waals surface area contributed by atoms with Crippen LogP contribution in [0.5, 0.6) is 0 Å². The van der Waals surface area contributed by atoms with Crippen LogP contribution in [0.4, 0.5) is 5.13 Å². The Morgan fingerprint density at radius 3 is 2.72 bits per heavy atom. The van der Waals surface area contributed by atoms with Crippen molar-refractivity contribution in [3.63, 3.8) is 0 Å². The molecule has 0 aliphatic heterocycles. The van der Waals surface area contributed by atoms with E-state index in [-0.39, 0.29) is 12.5 Å². The Labute approximate surface area is 110 Å². The van der Waals surface area contributed by atoms with E-state index in [0.29, 0.717) is 0 Å². The van der Waals surface area contributed by atoms with Crippen molar-refractivity contribution in [2.24, 2.45) is 0 Å². The normalized spacial score (nSPS) is 10.1. The molecule has 5 heteroatoms. The van der Waals surface area contributed by atoms with Gasteiger partial charge in [0.15, 0.2) is 5.13 Å². The number of rotatable bonds is 4.